The average molecular weight is 499 g/mol. The van der Waals surface area contributed by atoms with Gasteiger partial charge in [-0.15, -0.1) is 6.58 Å². The molecule has 1 nitrogen and oxygen atoms in total. The summed E-state index contributed by atoms with van der Waals surface area (Å²) < 4.78 is 48.9. The molecule has 0 radical (unpaired) electrons. The number of halogens is 3. The molecule has 2 aromatic rings. The first kappa shape index (κ1) is 26.8. The summed E-state index contributed by atoms with van der Waals surface area (Å²) in [5.74, 6) is 1.76. The Balaban J connectivity index is 1.80. The molecule has 4 heteroatoms. The van der Waals surface area contributed by atoms with Gasteiger partial charge in [0.1, 0.15) is 12.4 Å². The summed E-state index contributed by atoms with van der Waals surface area (Å²) in [6.45, 7) is 6.31. The molecule has 0 bridgehead atoms. The van der Waals surface area contributed by atoms with Crippen LogP contribution >= 0.6 is 0 Å². The molecule has 0 N–H and O–H groups in total. The van der Waals surface area contributed by atoms with E-state index in [1.165, 1.54) is 51.0 Å². The Hall–Kier alpha value is -2.23. The van der Waals surface area contributed by atoms with Crippen molar-refractivity contribution in [3.8, 4) is 5.75 Å². The van der Waals surface area contributed by atoms with Crippen molar-refractivity contribution < 1.29 is 17.9 Å². The highest BCUT2D eigenvalue weighted by Crippen LogP contribution is 2.55. The van der Waals surface area contributed by atoms with Crippen molar-refractivity contribution in [3.63, 3.8) is 0 Å². The van der Waals surface area contributed by atoms with Crippen LogP contribution in [0.1, 0.15) is 99.8 Å². The molecule has 0 heterocycles. The molecule has 0 unspecified atom stereocenters. The first-order valence-corrected chi connectivity index (χ1v) is 13.9. The van der Waals surface area contributed by atoms with Gasteiger partial charge in [-0.05, 0) is 55.6 Å². The summed E-state index contributed by atoms with van der Waals surface area (Å²) >= 11 is 0. The van der Waals surface area contributed by atoms with E-state index in [1.54, 1.807) is 12.1 Å². The maximum absolute atomic E-state index is 14.2. The van der Waals surface area contributed by atoms with Gasteiger partial charge in [0.25, 0.3) is 0 Å². The summed E-state index contributed by atoms with van der Waals surface area (Å²) in [7, 11) is 0. The van der Waals surface area contributed by atoms with Gasteiger partial charge >= 0.3 is 6.18 Å². The summed E-state index contributed by atoms with van der Waals surface area (Å²) in [5, 5.41) is 0. The molecule has 0 aliphatic heterocycles. The van der Waals surface area contributed by atoms with Crippen LogP contribution < -0.4 is 4.74 Å². The van der Waals surface area contributed by atoms with Crippen molar-refractivity contribution in [2.24, 2.45) is 11.8 Å². The molecular formula is C32H41F3O. The molecule has 2 saturated carbocycles. The third-order valence-corrected chi connectivity index (χ3v) is 8.75. The molecule has 2 fully saturated rings. The smallest absolute Gasteiger partial charge is 0.416 e. The first-order chi connectivity index (χ1) is 17.4. The Bertz CT molecular complexity index is 980. The van der Waals surface area contributed by atoms with Gasteiger partial charge in [0.15, 0.2) is 0 Å². The summed E-state index contributed by atoms with van der Waals surface area (Å²) in [6.07, 6.45) is 10.1. The van der Waals surface area contributed by atoms with Gasteiger partial charge in [-0.2, -0.15) is 13.2 Å². The van der Waals surface area contributed by atoms with Crippen LogP contribution in [0.5, 0.6) is 5.75 Å². The Morgan fingerprint density at radius 3 is 2.28 bits per heavy atom. The normalized spacial score (nSPS) is 22.2. The highest BCUT2D eigenvalue weighted by molar-refractivity contribution is 5.52. The maximum atomic E-state index is 14.2. The van der Waals surface area contributed by atoms with Crippen LogP contribution in [0.25, 0.3) is 0 Å². The van der Waals surface area contributed by atoms with Gasteiger partial charge < -0.3 is 4.74 Å². The molecule has 2 aromatic carbocycles. The minimum atomic E-state index is -4.43. The SMILES string of the molecule is C=CCc1c(C(F)(F)F)ccc(C2(C3CCC(CCC)CC3)CCCCC2)c1OCc1ccccc1. The Morgan fingerprint density at radius 2 is 1.67 bits per heavy atom. The summed E-state index contributed by atoms with van der Waals surface area (Å²) in [5.41, 5.74) is 1.52. The molecule has 0 saturated heterocycles. The van der Waals surface area contributed by atoms with Crippen LogP contribution in [0.15, 0.2) is 55.1 Å². The van der Waals surface area contributed by atoms with Crippen LogP contribution in [0.4, 0.5) is 13.2 Å². The number of hydrogen-bond donors (Lipinski definition) is 0. The number of rotatable bonds is 9. The minimum Gasteiger partial charge on any atom is -0.488 e. The van der Waals surface area contributed by atoms with Crippen LogP contribution in [0.3, 0.4) is 0 Å². The van der Waals surface area contributed by atoms with Gasteiger partial charge in [-0.1, -0.05) is 94.3 Å². The lowest BCUT2D eigenvalue weighted by Crippen LogP contribution is -2.40. The van der Waals surface area contributed by atoms with E-state index in [-0.39, 0.29) is 24.0 Å². The predicted octanol–water partition coefficient (Wildman–Crippen LogP) is 9.82. The monoisotopic (exact) mass is 498 g/mol. The van der Waals surface area contributed by atoms with Crippen molar-refractivity contribution in [1.29, 1.82) is 0 Å². The van der Waals surface area contributed by atoms with Crippen LogP contribution in [-0.2, 0) is 24.6 Å². The van der Waals surface area contributed by atoms with Gasteiger partial charge in [-0.3, -0.25) is 0 Å². The van der Waals surface area contributed by atoms with E-state index in [0.29, 0.717) is 11.7 Å². The van der Waals surface area contributed by atoms with Crippen LogP contribution in [0, 0.1) is 11.8 Å². The predicted molar refractivity (Wildman–Crippen MR) is 141 cm³/mol. The van der Waals surface area contributed by atoms with E-state index in [0.717, 1.165) is 42.7 Å². The zero-order valence-corrected chi connectivity index (χ0v) is 21.7. The molecule has 0 amide bonds. The lowest BCUT2D eigenvalue weighted by atomic mass is 9.57. The molecule has 2 aliphatic rings. The largest absolute Gasteiger partial charge is 0.488 e. The van der Waals surface area contributed by atoms with Crippen molar-refractivity contribution in [2.75, 3.05) is 0 Å². The molecule has 0 aromatic heterocycles. The van der Waals surface area contributed by atoms with E-state index < -0.39 is 11.7 Å². The number of hydrogen-bond acceptors (Lipinski definition) is 1. The van der Waals surface area contributed by atoms with E-state index in [9.17, 15) is 13.2 Å². The molecular weight excluding hydrogens is 457 g/mol. The second-order valence-electron chi connectivity index (χ2n) is 11.0. The second-order valence-corrected chi connectivity index (χ2v) is 11.0. The average Bonchev–Trinajstić information content (AvgIpc) is 2.89. The first-order valence-electron chi connectivity index (χ1n) is 13.9. The van der Waals surface area contributed by atoms with Gasteiger partial charge in [0.05, 0.1) is 5.56 Å². The third-order valence-electron chi connectivity index (χ3n) is 8.75. The Labute approximate surface area is 215 Å². The number of alkyl halides is 3. The number of ether oxygens (including phenoxy) is 1. The van der Waals surface area contributed by atoms with Gasteiger partial charge in [-0.25, -0.2) is 0 Å². The molecule has 36 heavy (non-hydrogen) atoms. The topological polar surface area (TPSA) is 9.23 Å². The summed E-state index contributed by atoms with van der Waals surface area (Å²) in [4.78, 5) is 0. The van der Waals surface area contributed by atoms with Gasteiger partial charge in [0, 0.05) is 16.5 Å². The van der Waals surface area contributed by atoms with E-state index >= 15 is 0 Å². The molecule has 2 aliphatic carbocycles. The highest BCUT2D eigenvalue weighted by Gasteiger charge is 2.46. The van der Waals surface area contributed by atoms with Gasteiger partial charge in [0.2, 0.25) is 0 Å². The lowest BCUT2D eigenvalue weighted by Gasteiger charge is -2.48. The Kier molecular flexibility index (Phi) is 8.85. The number of benzene rings is 2. The van der Waals surface area contributed by atoms with E-state index in [2.05, 4.69) is 13.5 Å². The fourth-order valence-corrected chi connectivity index (χ4v) is 7.02. The fourth-order valence-electron chi connectivity index (χ4n) is 7.02. The van der Waals surface area contributed by atoms with E-state index in [4.69, 9.17) is 4.74 Å². The second kappa shape index (κ2) is 11.9. The lowest BCUT2D eigenvalue weighted by molar-refractivity contribution is -0.138. The molecule has 196 valence electrons. The molecule has 0 atom stereocenters. The van der Waals surface area contributed by atoms with Crippen LogP contribution in [0.2, 0.25) is 0 Å². The maximum Gasteiger partial charge on any atom is 0.416 e. The van der Waals surface area contributed by atoms with Crippen molar-refractivity contribution >= 4 is 0 Å². The van der Waals surface area contributed by atoms with Crippen molar-refractivity contribution in [1.82, 2.24) is 0 Å². The molecule has 0 spiro atoms. The van der Waals surface area contributed by atoms with Crippen molar-refractivity contribution in [2.45, 2.75) is 102 Å². The zero-order valence-electron chi connectivity index (χ0n) is 21.7. The van der Waals surface area contributed by atoms with Crippen molar-refractivity contribution in [3.05, 3.63) is 77.4 Å². The van der Waals surface area contributed by atoms with Crippen LogP contribution in [-0.4, -0.2) is 0 Å². The standard InChI is InChI=1S/C32H41F3O/c1-3-11-24-15-17-26(18-16-24)31(21-9-6-10-22-31)29-20-19-28(32(33,34)35)27(12-4-2)30(29)36-23-25-13-7-5-8-14-25/h4-5,7-8,13-14,19-20,24,26H,2-3,6,9-12,15-18,21-23H2,1H3. The highest BCUT2D eigenvalue weighted by atomic mass is 19.4. The zero-order chi connectivity index (χ0) is 25.6. The van der Waals surface area contributed by atoms with E-state index in [1.807, 2.05) is 30.3 Å². The quantitative estimate of drug-likeness (QED) is 0.313. The number of allylic oxidation sites excluding steroid dienone is 1. The minimum absolute atomic E-state index is 0.110. The molecule has 4 rings (SSSR count). The summed E-state index contributed by atoms with van der Waals surface area (Å²) in [6, 6.07) is 12.8. The third kappa shape index (κ3) is 5.84. The fraction of sp³-hybridized carbons (Fsp3) is 0.562. The Morgan fingerprint density at radius 1 is 0.972 bits per heavy atom.